The van der Waals surface area contributed by atoms with Crippen molar-refractivity contribution in [3.8, 4) is 0 Å². The number of hydrogen-bond acceptors (Lipinski definition) is 4. The molecule has 0 bridgehead atoms. The van der Waals surface area contributed by atoms with Crippen molar-refractivity contribution < 1.29 is 33.0 Å². The largest absolute Gasteiger partial charge is 0.480 e. The maximum absolute atomic E-state index is 13.5. The molecule has 0 aliphatic carbocycles. The van der Waals surface area contributed by atoms with Crippen LogP contribution in [0.4, 0.5) is 8.78 Å². The van der Waals surface area contributed by atoms with Crippen LogP contribution in [0.5, 0.6) is 0 Å². The van der Waals surface area contributed by atoms with E-state index in [1.165, 1.54) is 6.07 Å². The maximum Gasteiger partial charge on any atom is 0.329 e. The predicted molar refractivity (Wildman–Crippen MR) is 79.4 cm³/mol. The zero-order chi connectivity index (χ0) is 17.5. The Kier molecular flexibility index (Phi) is 6.62. The van der Waals surface area contributed by atoms with E-state index in [0.717, 1.165) is 12.1 Å². The number of carbonyl (C=O) groups excluding carboxylic acids is 1. The van der Waals surface area contributed by atoms with E-state index in [4.69, 9.17) is 14.6 Å². The Morgan fingerprint density at radius 3 is 2.88 bits per heavy atom. The molecule has 1 amide bonds. The van der Waals surface area contributed by atoms with Crippen LogP contribution < -0.4 is 5.32 Å². The lowest BCUT2D eigenvalue weighted by atomic mass is 10.1. The van der Waals surface area contributed by atoms with Gasteiger partial charge in [0.05, 0.1) is 18.8 Å². The molecule has 24 heavy (non-hydrogen) atoms. The summed E-state index contributed by atoms with van der Waals surface area (Å²) in [5.41, 5.74) is 0.255. The van der Waals surface area contributed by atoms with Crippen LogP contribution in [0.3, 0.4) is 0 Å². The van der Waals surface area contributed by atoms with Crippen LogP contribution in [0.25, 0.3) is 0 Å². The molecular weight excluding hydrogens is 324 g/mol. The van der Waals surface area contributed by atoms with E-state index in [9.17, 15) is 18.4 Å². The summed E-state index contributed by atoms with van der Waals surface area (Å²) in [5, 5.41) is 11.4. The standard InChI is InChI=1S/C16H19F2NO5/c17-11-3-1-10(12(18)7-11)2-4-15(20)19-13-8-23-6-5-14(13)24-9-16(21)22/h1,3,7,13-14H,2,4-6,8-9H2,(H,19,20)(H,21,22)/t13-,14+/m0/s1. The number of ether oxygens (including phenoxy) is 2. The summed E-state index contributed by atoms with van der Waals surface area (Å²) < 4.78 is 36.9. The van der Waals surface area contributed by atoms with Crippen LogP contribution in [-0.4, -0.2) is 48.9 Å². The minimum absolute atomic E-state index is 0.0186. The van der Waals surface area contributed by atoms with Crippen LogP contribution in [0, 0.1) is 11.6 Å². The summed E-state index contributed by atoms with van der Waals surface area (Å²) in [6, 6.07) is 2.77. The topological polar surface area (TPSA) is 84.9 Å². The smallest absolute Gasteiger partial charge is 0.329 e. The van der Waals surface area contributed by atoms with Crippen LogP contribution in [0.1, 0.15) is 18.4 Å². The Morgan fingerprint density at radius 2 is 2.17 bits per heavy atom. The summed E-state index contributed by atoms with van der Waals surface area (Å²) in [6.07, 6.45) is 0.183. The van der Waals surface area contributed by atoms with Gasteiger partial charge in [-0.05, 0) is 24.5 Å². The molecule has 1 aromatic carbocycles. The quantitative estimate of drug-likeness (QED) is 0.779. The number of aliphatic carboxylic acids is 1. The molecule has 2 atom stereocenters. The van der Waals surface area contributed by atoms with Gasteiger partial charge in [0.2, 0.25) is 5.91 Å². The van der Waals surface area contributed by atoms with Gasteiger partial charge in [-0.25, -0.2) is 13.6 Å². The molecule has 0 unspecified atom stereocenters. The fourth-order valence-electron chi connectivity index (χ4n) is 2.48. The third-order valence-corrected chi connectivity index (χ3v) is 3.70. The molecule has 132 valence electrons. The summed E-state index contributed by atoms with van der Waals surface area (Å²) in [4.78, 5) is 22.6. The predicted octanol–water partition coefficient (Wildman–Crippen LogP) is 1.27. The number of carbonyl (C=O) groups is 2. The van der Waals surface area contributed by atoms with Gasteiger partial charge in [0.15, 0.2) is 0 Å². The molecule has 2 N–H and O–H groups in total. The number of aryl methyl sites for hydroxylation is 1. The molecule has 0 radical (unpaired) electrons. The van der Waals surface area contributed by atoms with Crippen LogP contribution >= 0.6 is 0 Å². The van der Waals surface area contributed by atoms with Crippen molar-refractivity contribution in [1.29, 1.82) is 0 Å². The van der Waals surface area contributed by atoms with Crippen molar-refractivity contribution in [2.75, 3.05) is 19.8 Å². The molecule has 0 saturated carbocycles. The molecule has 0 aromatic heterocycles. The van der Waals surface area contributed by atoms with Crippen molar-refractivity contribution in [3.05, 3.63) is 35.4 Å². The van der Waals surface area contributed by atoms with E-state index in [0.29, 0.717) is 13.0 Å². The fraction of sp³-hybridized carbons (Fsp3) is 0.500. The molecule has 1 heterocycles. The zero-order valence-electron chi connectivity index (χ0n) is 13.0. The summed E-state index contributed by atoms with van der Waals surface area (Å²) in [5.74, 6) is -2.78. The minimum atomic E-state index is -1.08. The van der Waals surface area contributed by atoms with E-state index < -0.39 is 36.4 Å². The highest BCUT2D eigenvalue weighted by Gasteiger charge is 2.28. The number of hydrogen-bond donors (Lipinski definition) is 2. The van der Waals surface area contributed by atoms with E-state index in [1.54, 1.807) is 0 Å². The van der Waals surface area contributed by atoms with Crippen LogP contribution in [0.15, 0.2) is 18.2 Å². The van der Waals surface area contributed by atoms with E-state index in [-0.39, 0.29) is 30.9 Å². The first-order valence-electron chi connectivity index (χ1n) is 7.60. The van der Waals surface area contributed by atoms with Gasteiger partial charge in [0.1, 0.15) is 18.2 Å². The highest BCUT2D eigenvalue weighted by molar-refractivity contribution is 5.76. The molecule has 1 aliphatic rings. The van der Waals surface area contributed by atoms with Crippen LogP contribution in [0.2, 0.25) is 0 Å². The first kappa shape index (κ1) is 18.3. The van der Waals surface area contributed by atoms with Crippen molar-refractivity contribution in [2.24, 2.45) is 0 Å². The molecule has 0 spiro atoms. The average molecular weight is 343 g/mol. The van der Waals surface area contributed by atoms with Gasteiger partial charge in [0, 0.05) is 19.1 Å². The van der Waals surface area contributed by atoms with Gasteiger partial charge in [-0.15, -0.1) is 0 Å². The Bertz CT molecular complexity index is 596. The molecule has 1 aromatic rings. The SMILES string of the molecule is O=C(O)CO[C@@H]1CCOC[C@@H]1NC(=O)CCc1ccc(F)cc1F. The van der Waals surface area contributed by atoms with Gasteiger partial charge in [-0.3, -0.25) is 4.79 Å². The first-order valence-corrected chi connectivity index (χ1v) is 7.60. The Hall–Kier alpha value is -2.06. The summed E-state index contributed by atoms with van der Waals surface area (Å²) in [7, 11) is 0. The van der Waals surface area contributed by atoms with Crippen LogP contribution in [-0.2, 0) is 25.5 Å². The van der Waals surface area contributed by atoms with E-state index in [1.807, 2.05) is 0 Å². The second-order valence-corrected chi connectivity index (χ2v) is 5.52. The van der Waals surface area contributed by atoms with Gasteiger partial charge in [-0.1, -0.05) is 6.07 Å². The highest BCUT2D eigenvalue weighted by Crippen LogP contribution is 2.14. The third-order valence-electron chi connectivity index (χ3n) is 3.70. The van der Waals surface area contributed by atoms with Gasteiger partial charge in [0.25, 0.3) is 0 Å². The average Bonchev–Trinajstić information content (AvgIpc) is 2.53. The zero-order valence-corrected chi connectivity index (χ0v) is 13.0. The molecule has 1 saturated heterocycles. The van der Waals surface area contributed by atoms with Crippen molar-refractivity contribution in [1.82, 2.24) is 5.32 Å². The molecular formula is C16H19F2NO5. The normalized spacial score (nSPS) is 20.6. The number of amides is 1. The van der Waals surface area contributed by atoms with Crippen molar-refractivity contribution in [3.63, 3.8) is 0 Å². The maximum atomic E-state index is 13.5. The summed E-state index contributed by atoms with van der Waals surface area (Å²) >= 11 is 0. The molecule has 1 aliphatic heterocycles. The number of carboxylic acid groups (broad SMARTS) is 1. The van der Waals surface area contributed by atoms with E-state index in [2.05, 4.69) is 5.32 Å². The van der Waals surface area contributed by atoms with Gasteiger partial charge in [-0.2, -0.15) is 0 Å². The molecule has 1 fully saturated rings. The number of nitrogens with one attached hydrogen (secondary N) is 1. The molecule has 6 nitrogen and oxygen atoms in total. The number of rotatable bonds is 7. The number of carboxylic acids is 1. The third kappa shape index (κ3) is 5.54. The van der Waals surface area contributed by atoms with E-state index >= 15 is 0 Å². The lowest BCUT2D eigenvalue weighted by Gasteiger charge is -2.31. The first-order chi connectivity index (χ1) is 11.5. The number of halogens is 2. The summed E-state index contributed by atoms with van der Waals surface area (Å²) in [6.45, 7) is 0.205. The Morgan fingerprint density at radius 1 is 1.38 bits per heavy atom. The lowest BCUT2D eigenvalue weighted by Crippen LogP contribution is -2.51. The monoisotopic (exact) mass is 343 g/mol. The second-order valence-electron chi connectivity index (χ2n) is 5.52. The van der Waals surface area contributed by atoms with Gasteiger partial charge < -0.3 is 19.9 Å². The Balaban J connectivity index is 1.84. The second kappa shape index (κ2) is 8.70. The molecule has 2 rings (SSSR count). The van der Waals surface area contributed by atoms with Gasteiger partial charge >= 0.3 is 5.97 Å². The lowest BCUT2D eigenvalue weighted by molar-refractivity contribution is -0.148. The Labute approximate surface area is 137 Å². The molecule has 8 heteroatoms. The fourth-order valence-corrected chi connectivity index (χ4v) is 2.48. The minimum Gasteiger partial charge on any atom is -0.480 e. The van der Waals surface area contributed by atoms with Crippen molar-refractivity contribution >= 4 is 11.9 Å². The number of benzene rings is 1. The highest BCUT2D eigenvalue weighted by atomic mass is 19.1. The van der Waals surface area contributed by atoms with Crippen molar-refractivity contribution in [2.45, 2.75) is 31.4 Å².